The van der Waals surface area contributed by atoms with Crippen LogP contribution in [0.5, 0.6) is 0 Å². The third kappa shape index (κ3) is 7.10. The lowest BCUT2D eigenvalue weighted by atomic mass is 9.36. The van der Waals surface area contributed by atoms with Gasteiger partial charge in [0.05, 0.1) is 11.4 Å². The highest BCUT2D eigenvalue weighted by Crippen LogP contribution is 2.55. The molecule has 0 fully saturated rings. The summed E-state index contributed by atoms with van der Waals surface area (Å²) in [6.07, 6.45) is 4.66. The molecule has 3 heterocycles. The molecule has 358 valence electrons. The van der Waals surface area contributed by atoms with Gasteiger partial charge in [-0.15, -0.1) is 11.3 Å². The molecule has 0 amide bonds. The van der Waals surface area contributed by atoms with Gasteiger partial charge in [-0.05, 0) is 187 Å². The Balaban J connectivity index is 1.21. The second-order valence-electron chi connectivity index (χ2n) is 26.7. The molecule has 0 saturated heterocycles. The van der Waals surface area contributed by atoms with E-state index >= 15 is 0 Å². The Bertz CT molecular complexity index is 3550. The summed E-state index contributed by atoms with van der Waals surface area (Å²) < 4.78 is 2.77. The second kappa shape index (κ2) is 15.1. The Morgan fingerprint density at radius 2 is 1.13 bits per heavy atom. The lowest BCUT2D eigenvalue weighted by Gasteiger charge is -2.46. The van der Waals surface area contributed by atoms with E-state index in [1.165, 1.54) is 123 Å². The molecular weight excluding hydrogens is 876 g/mol. The van der Waals surface area contributed by atoms with E-state index in [1.807, 2.05) is 11.3 Å². The number of aryl methyl sites for hydroxylation is 1. The fraction of sp³-hybridized carbons (Fsp3) is 0.373. The van der Waals surface area contributed by atoms with E-state index in [9.17, 15) is 0 Å². The third-order valence-corrected chi connectivity index (χ3v) is 19.0. The smallest absolute Gasteiger partial charge is 0.264 e. The first kappa shape index (κ1) is 46.3. The van der Waals surface area contributed by atoms with E-state index in [1.54, 1.807) is 0 Å². The van der Waals surface area contributed by atoms with Crippen LogP contribution in [0.15, 0.2) is 109 Å². The van der Waals surface area contributed by atoms with Crippen LogP contribution in [-0.4, -0.2) is 6.71 Å². The van der Waals surface area contributed by atoms with E-state index in [0.717, 1.165) is 23.8 Å². The van der Waals surface area contributed by atoms with Gasteiger partial charge in [-0.3, -0.25) is 0 Å². The number of anilines is 6. The molecule has 2 aliphatic carbocycles. The van der Waals surface area contributed by atoms with E-state index in [-0.39, 0.29) is 39.2 Å². The quantitative estimate of drug-likeness (QED) is 0.163. The molecule has 0 saturated carbocycles. The van der Waals surface area contributed by atoms with Gasteiger partial charge in [-0.25, -0.2) is 0 Å². The van der Waals surface area contributed by atoms with Gasteiger partial charge >= 0.3 is 0 Å². The van der Waals surface area contributed by atoms with Gasteiger partial charge in [0, 0.05) is 54.1 Å². The molecule has 0 radical (unpaired) electrons. The molecule has 0 bridgehead atoms. The lowest BCUT2D eigenvalue weighted by molar-refractivity contribution is 0.332. The van der Waals surface area contributed by atoms with Gasteiger partial charge in [0.15, 0.2) is 0 Å². The zero-order chi connectivity index (χ0) is 50.1. The molecule has 0 N–H and O–H groups in total. The van der Waals surface area contributed by atoms with E-state index in [0.29, 0.717) is 0 Å². The summed E-state index contributed by atoms with van der Waals surface area (Å²) in [6, 6.07) is 51.0. The number of hydrogen-bond acceptors (Lipinski definition) is 3. The van der Waals surface area contributed by atoms with Crippen molar-refractivity contribution < 1.29 is 0 Å². The van der Waals surface area contributed by atoms with Gasteiger partial charge < -0.3 is 9.80 Å². The maximum Gasteiger partial charge on any atom is 0.264 e. The Morgan fingerprint density at radius 1 is 0.535 bits per heavy atom. The molecule has 2 nitrogen and oxygen atoms in total. The van der Waals surface area contributed by atoms with Gasteiger partial charge in [0.25, 0.3) is 6.71 Å². The van der Waals surface area contributed by atoms with Crippen LogP contribution in [0.1, 0.15) is 162 Å². The molecule has 8 aromatic rings. The highest BCUT2D eigenvalue weighted by molar-refractivity contribution is 7.33. The topological polar surface area (TPSA) is 6.48 Å². The molecule has 0 spiro atoms. The Morgan fingerprint density at radius 3 is 1.80 bits per heavy atom. The van der Waals surface area contributed by atoms with Gasteiger partial charge in [0.1, 0.15) is 0 Å². The van der Waals surface area contributed by atoms with Crippen molar-refractivity contribution in [3.05, 3.63) is 160 Å². The van der Waals surface area contributed by atoms with Crippen LogP contribution in [-0.2, 0) is 32.5 Å². The summed E-state index contributed by atoms with van der Waals surface area (Å²) in [4.78, 5) is 5.41. The summed E-state index contributed by atoms with van der Waals surface area (Å²) in [6.45, 7) is 36.2. The Kier molecular flexibility index (Phi) is 9.88. The summed E-state index contributed by atoms with van der Waals surface area (Å²) in [5.74, 6) is 0. The first-order chi connectivity index (χ1) is 33.3. The Labute approximate surface area is 429 Å². The maximum absolute atomic E-state index is 3.75. The van der Waals surface area contributed by atoms with Crippen molar-refractivity contribution in [2.45, 2.75) is 162 Å². The minimum Gasteiger partial charge on any atom is -0.311 e. The minimum atomic E-state index is -0.0607. The van der Waals surface area contributed by atoms with Crippen molar-refractivity contribution >= 4 is 88.7 Å². The highest BCUT2D eigenvalue weighted by Gasteiger charge is 2.48. The molecule has 1 aromatic heterocycles. The monoisotopic (exact) mass is 947 g/mol. The fourth-order valence-electron chi connectivity index (χ4n) is 13.0. The van der Waals surface area contributed by atoms with Crippen molar-refractivity contribution in [2.75, 3.05) is 9.80 Å². The van der Waals surface area contributed by atoms with Gasteiger partial charge in [-0.1, -0.05) is 152 Å². The molecule has 4 heteroatoms. The number of rotatable bonds is 3. The summed E-state index contributed by atoms with van der Waals surface area (Å²) in [5.41, 5.74) is 22.7. The number of thiophene rings is 1. The molecule has 2 aliphatic heterocycles. The number of nitrogens with zero attached hydrogens (tertiary/aromatic N) is 2. The lowest BCUT2D eigenvalue weighted by Crippen LogP contribution is -2.60. The van der Waals surface area contributed by atoms with Crippen LogP contribution < -0.4 is 25.5 Å². The van der Waals surface area contributed by atoms with Crippen molar-refractivity contribution in [2.24, 2.45) is 0 Å². The van der Waals surface area contributed by atoms with Gasteiger partial charge in [-0.2, -0.15) is 0 Å². The molecule has 7 aromatic carbocycles. The molecule has 71 heavy (non-hydrogen) atoms. The second-order valence-corrected chi connectivity index (χ2v) is 27.8. The highest BCUT2D eigenvalue weighted by atomic mass is 32.1. The molecule has 0 unspecified atom stereocenters. The van der Waals surface area contributed by atoms with Crippen LogP contribution in [0.4, 0.5) is 34.1 Å². The molecule has 0 atom stereocenters. The number of fused-ring (bicyclic) bond motifs is 9. The van der Waals surface area contributed by atoms with Crippen molar-refractivity contribution in [1.82, 2.24) is 0 Å². The van der Waals surface area contributed by atoms with Gasteiger partial charge in [0.2, 0.25) is 0 Å². The third-order valence-electron chi connectivity index (χ3n) is 17.7. The van der Waals surface area contributed by atoms with Crippen molar-refractivity contribution in [3.8, 4) is 11.1 Å². The first-order valence-corrected chi connectivity index (χ1v) is 27.3. The summed E-state index contributed by atoms with van der Waals surface area (Å²) in [5, 5.41) is 3.63. The average molecular weight is 947 g/mol. The predicted octanol–water partition coefficient (Wildman–Crippen LogP) is 17.0. The minimum absolute atomic E-state index is 0.00126. The van der Waals surface area contributed by atoms with E-state index in [2.05, 4.69) is 235 Å². The van der Waals surface area contributed by atoms with Crippen LogP contribution >= 0.6 is 11.3 Å². The Hall–Kier alpha value is -5.76. The maximum atomic E-state index is 3.75. The van der Waals surface area contributed by atoms with E-state index in [4.69, 9.17) is 0 Å². The molecule has 12 rings (SSSR count). The van der Waals surface area contributed by atoms with E-state index < -0.39 is 0 Å². The summed E-state index contributed by atoms with van der Waals surface area (Å²) >= 11 is 2.01. The van der Waals surface area contributed by atoms with Crippen LogP contribution in [0, 0.1) is 19.1 Å². The van der Waals surface area contributed by atoms with Crippen LogP contribution in [0.25, 0.3) is 32.0 Å². The normalized spacial score (nSPS) is 18.1. The zero-order valence-electron chi connectivity index (χ0n) is 45.1. The van der Waals surface area contributed by atoms with Crippen LogP contribution in [0.3, 0.4) is 0 Å². The largest absolute Gasteiger partial charge is 0.311 e. The zero-order valence-corrected chi connectivity index (χ0v) is 45.9. The summed E-state index contributed by atoms with van der Waals surface area (Å²) in [7, 11) is 0. The average Bonchev–Trinajstić information content (AvgIpc) is 3.69. The standard InChI is InChI=1S/C67H71BN2S/c1-40-32-56-59-57(33-40)70(54-39-52-51(66(12,13)30-31-67(52,14)15)38-47(54)43-21-20-41-18-16-17-19-42(41)34-43)55-36-45(63(5,6)7)22-26-53(55)68(59)61-60(48-35-44(62(2,3)4)23-27-58(48)71-61)69(56)46-24-25-49-50(37-46)65(10,11)29-28-64(49,8)9/h16-19,22-27,32-39H,28-31H2,1-15H3. The fourth-order valence-corrected chi connectivity index (χ4v) is 14.3. The predicted molar refractivity (Wildman–Crippen MR) is 309 cm³/mol. The van der Waals surface area contributed by atoms with Crippen molar-refractivity contribution in [3.63, 3.8) is 0 Å². The number of benzene rings is 6. The molecule has 4 aliphatic rings. The number of hydrogen-bond donors (Lipinski definition) is 0. The first-order valence-electron chi connectivity index (χ1n) is 26.5. The molecular formula is C67H71BN2S. The van der Waals surface area contributed by atoms with Crippen LogP contribution in [0.2, 0.25) is 0 Å². The van der Waals surface area contributed by atoms with Crippen molar-refractivity contribution in [1.29, 1.82) is 0 Å². The SMILES string of the molecule is Cc1cc2c3c(c1)N(c1ccc4c(c1)C(C)(C)CCC4(C)C)c1c(sc4ccc(C(C)(C)C)cc14)B3c1ccc(C(C)(C)C)cc1N2c1cc2c(cc1-c1c#cc3ccccc3c1)C(C)(C)CCC2(C)C.